The molecule has 3 aromatic rings. The van der Waals surface area contributed by atoms with Gasteiger partial charge in [0.05, 0.1) is 18.7 Å². The highest BCUT2D eigenvalue weighted by Gasteiger charge is 2.46. The molecule has 1 N–H and O–H groups in total. The van der Waals surface area contributed by atoms with Gasteiger partial charge < -0.3 is 14.7 Å². The molecule has 2 heterocycles. The van der Waals surface area contributed by atoms with Crippen LogP contribution in [0, 0.1) is 0 Å². The molecule has 1 aromatic heterocycles. The molecule has 6 nitrogen and oxygen atoms in total. The Labute approximate surface area is 184 Å². The van der Waals surface area contributed by atoms with Crippen molar-refractivity contribution in [1.82, 2.24) is 9.88 Å². The Hall–Kier alpha value is -3.64. The number of hydrogen-bond donors (Lipinski definition) is 1. The van der Waals surface area contributed by atoms with E-state index in [1.165, 1.54) is 4.90 Å². The van der Waals surface area contributed by atoms with Crippen LogP contribution in [0.3, 0.4) is 0 Å². The molecular formula is C24H19ClN2O4. The zero-order valence-corrected chi connectivity index (χ0v) is 17.4. The van der Waals surface area contributed by atoms with Crippen LogP contribution in [-0.4, -0.2) is 33.8 Å². The lowest BCUT2D eigenvalue weighted by Crippen LogP contribution is -2.29. The van der Waals surface area contributed by atoms with Gasteiger partial charge in [-0.1, -0.05) is 29.8 Å². The van der Waals surface area contributed by atoms with Crippen LogP contribution < -0.4 is 4.74 Å². The Morgan fingerprint density at radius 1 is 1.10 bits per heavy atom. The molecule has 1 amide bonds. The number of nitrogens with zero attached hydrogens (tertiary/aromatic N) is 2. The van der Waals surface area contributed by atoms with Crippen LogP contribution in [0.4, 0.5) is 0 Å². The number of likely N-dealkylation sites (tertiary alicyclic amines) is 1. The first-order valence-corrected chi connectivity index (χ1v) is 9.94. The number of amides is 1. The number of carbonyl (C=O) groups is 2. The van der Waals surface area contributed by atoms with Gasteiger partial charge >= 0.3 is 0 Å². The Morgan fingerprint density at radius 2 is 1.81 bits per heavy atom. The van der Waals surface area contributed by atoms with Crippen molar-refractivity contribution in [3.63, 3.8) is 0 Å². The van der Waals surface area contributed by atoms with Gasteiger partial charge in [0.25, 0.3) is 11.7 Å². The zero-order chi connectivity index (χ0) is 22.0. The summed E-state index contributed by atoms with van der Waals surface area (Å²) in [5.74, 6) is -1.02. The van der Waals surface area contributed by atoms with Gasteiger partial charge in [-0.05, 0) is 53.6 Å². The molecule has 1 fully saturated rings. The van der Waals surface area contributed by atoms with Crippen LogP contribution in [0.15, 0.2) is 78.6 Å². The van der Waals surface area contributed by atoms with E-state index in [1.54, 1.807) is 74.1 Å². The van der Waals surface area contributed by atoms with Crippen molar-refractivity contribution in [2.75, 3.05) is 7.11 Å². The molecule has 7 heteroatoms. The van der Waals surface area contributed by atoms with E-state index in [1.807, 2.05) is 6.07 Å². The second-order valence-electron chi connectivity index (χ2n) is 7.07. The van der Waals surface area contributed by atoms with E-state index in [4.69, 9.17) is 16.3 Å². The second-order valence-corrected chi connectivity index (χ2v) is 7.50. The Bertz CT molecular complexity index is 1140. The molecule has 1 aliphatic heterocycles. The number of ether oxygens (including phenoxy) is 1. The molecule has 0 unspecified atom stereocenters. The lowest BCUT2D eigenvalue weighted by atomic mass is 9.95. The number of rotatable bonds is 5. The summed E-state index contributed by atoms with van der Waals surface area (Å²) in [5.41, 5.74) is 1.89. The molecule has 2 aromatic carbocycles. The average Bonchev–Trinajstić information content (AvgIpc) is 3.05. The minimum atomic E-state index is -0.762. The first kappa shape index (κ1) is 20.6. The largest absolute Gasteiger partial charge is 0.507 e. The summed E-state index contributed by atoms with van der Waals surface area (Å²) in [6, 6.07) is 16.3. The smallest absolute Gasteiger partial charge is 0.295 e. The van der Waals surface area contributed by atoms with Crippen molar-refractivity contribution < 1.29 is 19.4 Å². The van der Waals surface area contributed by atoms with Crippen LogP contribution in [-0.2, 0) is 16.1 Å². The minimum absolute atomic E-state index is 0.0291. The number of hydrogen-bond acceptors (Lipinski definition) is 5. The number of aliphatic hydroxyl groups excluding tert-OH is 1. The topological polar surface area (TPSA) is 79.7 Å². The monoisotopic (exact) mass is 434 g/mol. The fourth-order valence-corrected chi connectivity index (χ4v) is 3.75. The van der Waals surface area contributed by atoms with Crippen molar-refractivity contribution in [1.29, 1.82) is 0 Å². The first-order chi connectivity index (χ1) is 15.0. The predicted molar refractivity (Wildman–Crippen MR) is 117 cm³/mol. The van der Waals surface area contributed by atoms with Gasteiger partial charge in [0, 0.05) is 29.5 Å². The van der Waals surface area contributed by atoms with E-state index in [0.717, 1.165) is 5.56 Å². The number of pyridine rings is 1. The molecule has 31 heavy (non-hydrogen) atoms. The number of ketones is 1. The van der Waals surface area contributed by atoms with Gasteiger partial charge in [-0.25, -0.2) is 0 Å². The average molecular weight is 435 g/mol. The molecule has 0 aliphatic carbocycles. The maximum Gasteiger partial charge on any atom is 0.295 e. The van der Waals surface area contributed by atoms with Crippen LogP contribution in [0.1, 0.15) is 22.7 Å². The van der Waals surface area contributed by atoms with E-state index in [-0.39, 0.29) is 17.9 Å². The summed E-state index contributed by atoms with van der Waals surface area (Å²) in [5, 5.41) is 11.5. The van der Waals surface area contributed by atoms with Crippen LogP contribution >= 0.6 is 11.6 Å². The summed E-state index contributed by atoms with van der Waals surface area (Å²) < 4.78 is 5.22. The zero-order valence-electron chi connectivity index (χ0n) is 16.7. The molecule has 0 spiro atoms. The van der Waals surface area contributed by atoms with E-state index < -0.39 is 17.7 Å². The number of Topliss-reactive ketones (excluding diaryl/α,β-unsaturated/α-hetero) is 1. The second kappa shape index (κ2) is 8.62. The van der Waals surface area contributed by atoms with Crippen LogP contribution in [0.25, 0.3) is 5.76 Å². The molecule has 1 aliphatic rings. The molecule has 0 bridgehead atoms. The van der Waals surface area contributed by atoms with Crippen molar-refractivity contribution >= 4 is 29.1 Å². The Morgan fingerprint density at radius 3 is 2.42 bits per heavy atom. The number of carbonyl (C=O) groups excluding carboxylic acids is 2. The standard InChI is InChI=1S/C24H19ClN2O4/c1-31-19-10-6-16(7-11-19)21-20(22(28)17-4-8-18(25)9-5-17)23(29)24(30)27(21)14-15-3-2-12-26-13-15/h2-13,21,28H,14H2,1H3/t21-/m1/s1. The van der Waals surface area contributed by atoms with Crippen molar-refractivity contribution in [3.05, 3.63) is 100 Å². The predicted octanol–water partition coefficient (Wildman–Crippen LogP) is 4.37. The highest BCUT2D eigenvalue weighted by molar-refractivity contribution is 6.46. The van der Waals surface area contributed by atoms with Crippen molar-refractivity contribution in [3.8, 4) is 5.75 Å². The van der Waals surface area contributed by atoms with Crippen LogP contribution in [0.5, 0.6) is 5.75 Å². The lowest BCUT2D eigenvalue weighted by Gasteiger charge is -2.25. The Kier molecular flexibility index (Phi) is 5.73. The van der Waals surface area contributed by atoms with Gasteiger partial charge in [-0.2, -0.15) is 0 Å². The number of methoxy groups -OCH3 is 1. The lowest BCUT2D eigenvalue weighted by molar-refractivity contribution is -0.140. The first-order valence-electron chi connectivity index (χ1n) is 9.57. The summed E-state index contributed by atoms with van der Waals surface area (Å²) in [6.45, 7) is 0.173. The van der Waals surface area contributed by atoms with Crippen molar-refractivity contribution in [2.45, 2.75) is 12.6 Å². The fraction of sp³-hybridized carbons (Fsp3) is 0.125. The summed E-state index contributed by atoms with van der Waals surface area (Å²) in [7, 11) is 1.56. The van der Waals surface area contributed by atoms with E-state index in [0.29, 0.717) is 21.9 Å². The SMILES string of the molecule is COc1ccc([C@@H]2C(=C(O)c3ccc(Cl)cc3)C(=O)C(=O)N2Cc2cccnc2)cc1. The van der Waals surface area contributed by atoms with Gasteiger partial charge in [-0.3, -0.25) is 14.6 Å². The quantitative estimate of drug-likeness (QED) is 0.366. The highest BCUT2D eigenvalue weighted by Crippen LogP contribution is 2.40. The summed E-state index contributed by atoms with van der Waals surface area (Å²) >= 11 is 5.95. The Balaban J connectivity index is 1.85. The van der Waals surface area contributed by atoms with Gasteiger partial charge in [0.2, 0.25) is 0 Å². The number of halogens is 1. The number of aliphatic hydroxyl groups is 1. The minimum Gasteiger partial charge on any atom is -0.507 e. The molecule has 4 rings (SSSR count). The summed E-state index contributed by atoms with van der Waals surface area (Å²) in [6.07, 6.45) is 3.28. The highest BCUT2D eigenvalue weighted by atomic mass is 35.5. The summed E-state index contributed by atoms with van der Waals surface area (Å²) in [4.78, 5) is 31.5. The van der Waals surface area contributed by atoms with E-state index >= 15 is 0 Å². The third kappa shape index (κ3) is 4.02. The molecule has 0 radical (unpaired) electrons. The molecule has 0 saturated carbocycles. The third-order valence-electron chi connectivity index (χ3n) is 5.16. The molecular weight excluding hydrogens is 416 g/mol. The van der Waals surface area contributed by atoms with Gasteiger partial charge in [0.1, 0.15) is 11.5 Å². The van der Waals surface area contributed by atoms with Crippen molar-refractivity contribution in [2.24, 2.45) is 0 Å². The van der Waals surface area contributed by atoms with Gasteiger partial charge in [-0.15, -0.1) is 0 Å². The van der Waals surface area contributed by atoms with E-state index in [9.17, 15) is 14.7 Å². The van der Waals surface area contributed by atoms with Gasteiger partial charge in [0.15, 0.2) is 0 Å². The normalized spacial score (nSPS) is 17.7. The third-order valence-corrected chi connectivity index (χ3v) is 5.42. The fourth-order valence-electron chi connectivity index (χ4n) is 3.63. The maximum atomic E-state index is 13.0. The maximum absolute atomic E-state index is 13.0. The molecule has 1 saturated heterocycles. The molecule has 156 valence electrons. The number of aromatic nitrogens is 1. The van der Waals surface area contributed by atoms with E-state index in [2.05, 4.69) is 4.98 Å². The molecule has 1 atom stereocenters. The number of benzene rings is 2. The van der Waals surface area contributed by atoms with Crippen LogP contribution in [0.2, 0.25) is 5.02 Å².